The van der Waals surface area contributed by atoms with E-state index in [-0.39, 0.29) is 0 Å². The summed E-state index contributed by atoms with van der Waals surface area (Å²) >= 11 is 3.34. The molecule has 0 heterocycles. The van der Waals surface area contributed by atoms with Gasteiger partial charge in [-0.05, 0) is 37.1 Å². The fourth-order valence-corrected chi connectivity index (χ4v) is 1.38. The van der Waals surface area contributed by atoms with E-state index in [9.17, 15) is 5.11 Å². The van der Waals surface area contributed by atoms with Crippen molar-refractivity contribution in [1.82, 2.24) is 0 Å². The van der Waals surface area contributed by atoms with E-state index >= 15 is 0 Å². The van der Waals surface area contributed by atoms with Crippen LogP contribution in [0.4, 0.5) is 0 Å². The average Bonchev–Trinajstić information content (AvgIpc) is 2.25. The minimum Gasteiger partial charge on any atom is -0.491 e. The van der Waals surface area contributed by atoms with Gasteiger partial charge in [-0.1, -0.05) is 22.0 Å². The number of allylic oxidation sites excluding steroid dienone is 1. The number of hydrogen-bond acceptors (Lipinski definition) is 2. The molecule has 0 radical (unpaired) electrons. The van der Waals surface area contributed by atoms with Crippen LogP contribution >= 0.6 is 15.9 Å². The van der Waals surface area contributed by atoms with Gasteiger partial charge in [0.1, 0.15) is 12.4 Å². The average molecular weight is 271 g/mol. The smallest absolute Gasteiger partial charge is 0.119 e. The first-order valence-corrected chi connectivity index (χ1v) is 5.69. The molecule has 0 aliphatic heterocycles. The lowest BCUT2D eigenvalue weighted by Gasteiger charge is -2.11. The zero-order valence-corrected chi connectivity index (χ0v) is 10.1. The minimum atomic E-state index is -0.424. The summed E-state index contributed by atoms with van der Waals surface area (Å²) in [5.41, 5.74) is 0. The molecule has 0 saturated heterocycles. The number of benzene rings is 1. The summed E-state index contributed by atoms with van der Waals surface area (Å²) in [6.07, 6.45) is 2.87. The van der Waals surface area contributed by atoms with E-state index in [0.29, 0.717) is 13.0 Å². The molecule has 1 N–H and O–H groups in total. The molecule has 1 aromatic carbocycles. The first kappa shape index (κ1) is 12.3. The molecule has 0 saturated carbocycles. The Morgan fingerprint density at radius 1 is 1.40 bits per heavy atom. The summed E-state index contributed by atoms with van der Waals surface area (Å²) in [6, 6.07) is 7.55. The van der Waals surface area contributed by atoms with Crippen molar-refractivity contribution in [3.05, 3.63) is 41.4 Å². The molecule has 1 aromatic rings. The van der Waals surface area contributed by atoms with Gasteiger partial charge in [-0.2, -0.15) is 0 Å². The molecule has 0 fully saturated rings. The monoisotopic (exact) mass is 270 g/mol. The zero-order chi connectivity index (χ0) is 11.1. The molecule has 0 spiro atoms. The largest absolute Gasteiger partial charge is 0.491 e. The highest BCUT2D eigenvalue weighted by molar-refractivity contribution is 9.10. The normalized spacial score (nSPS) is 12.1. The van der Waals surface area contributed by atoms with E-state index in [0.717, 1.165) is 16.6 Å². The Kier molecular flexibility index (Phi) is 5.43. The third-order valence-electron chi connectivity index (χ3n) is 1.96. The first-order valence-electron chi connectivity index (χ1n) is 4.89. The summed E-state index contributed by atoms with van der Waals surface area (Å²) < 4.78 is 6.43. The van der Waals surface area contributed by atoms with Crippen LogP contribution in [-0.4, -0.2) is 17.8 Å². The van der Waals surface area contributed by atoms with Gasteiger partial charge in [0, 0.05) is 4.47 Å². The summed E-state index contributed by atoms with van der Waals surface area (Å²) in [4.78, 5) is 0. The van der Waals surface area contributed by atoms with Crippen LogP contribution in [0.3, 0.4) is 0 Å². The van der Waals surface area contributed by atoms with Crippen LogP contribution in [0.15, 0.2) is 41.4 Å². The number of ether oxygens (including phenoxy) is 1. The van der Waals surface area contributed by atoms with Crippen LogP contribution in [0.25, 0.3) is 0 Å². The van der Waals surface area contributed by atoms with Crippen LogP contribution in [0.5, 0.6) is 5.75 Å². The Morgan fingerprint density at radius 2 is 2.07 bits per heavy atom. The summed E-state index contributed by atoms with van der Waals surface area (Å²) in [6.45, 7) is 3.93. The van der Waals surface area contributed by atoms with Gasteiger partial charge in [0.2, 0.25) is 0 Å². The van der Waals surface area contributed by atoms with Crippen LogP contribution in [0.1, 0.15) is 12.8 Å². The highest BCUT2D eigenvalue weighted by Crippen LogP contribution is 2.16. The summed E-state index contributed by atoms with van der Waals surface area (Å²) in [7, 11) is 0. The highest BCUT2D eigenvalue weighted by Gasteiger charge is 2.03. The third-order valence-corrected chi connectivity index (χ3v) is 2.49. The van der Waals surface area contributed by atoms with Gasteiger partial charge < -0.3 is 9.84 Å². The summed E-state index contributed by atoms with van der Waals surface area (Å²) in [5, 5.41) is 9.51. The lowest BCUT2D eigenvalue weighted by atomic mass is 10.2. The Hall–Kier alpha value is -0.800. The van der Waals surface area contributed by atoms with Crippen LogP contribution in [0, 0.1) is 0 Å². The maximum atomic E-state index is 9.51. The molecule has 15 heavy (non-hydrogen) atoms. The quantitative estimate of drug-likeness (QED) is 0.805. The van der Waals surface area contributed by atoms with E-state index < -0.39 is 6.10 Å². The fourth-order valence-electron chi connectivity index (χ4n) is 1.12. The SMILES string of the molecule is C=CCC[C@H](O)COc1ccc(Br)cc1. The maximum Gasteiger partial charge on any atom is 0.119 e. The zero-order valence-electron chi connectivity index (χ0n) is 8.53. The van der Waals surface area contributed by atoms with Crippen molar-refractivity contribution in [2.75, 3.05) is 6.61 Å². The van der Waals surface area contributed by atoms with Crippen molar-refractivity contribution in [3.63, 3.8) is 0 Å². The molecule has 0 amide bonds. The van der Waals surface area contributed by atoms with Gasteiger partial charge in [-0.25, -0.2) is 0 Å². The van der Waals surface area contributed by atoms with Crippen molar-refractivity contribution >= 4 is 15.9 Å². The maximum absolute atomic E-state index is 9.51. The van der Waals surface area contributed by atoms with Gasteiger partial charge in [0.15, 0.2) is 0 Å². The molecule has 0 bridgehead atoms. The molecule has 1 rings (SSSR count). The molecule has 2 nitrogen and oxygen atoms in total. The van der Waals surface area contributed by atoms with Crippen molar-refractivity contribution in [3.8, 4) is 5.75 Å². The standard InChI is InChI=1S/C12H15BrO2/c1-2-3-4-11(14)9-15-12-7-5-10(13)6-8-12/h2,5-8,11,14H,1,3-4,9H2/t11-/m0/s1. The van der Waals surface area contributed by atoms with Crippen molar-refractivity contribution in [2.24, 2.45) is 0 Å². The molecule has 82 valence electrons. The summed E-state index contributed by atoms with van der Waals surface area (Å²) in [5.74, 6) is 0.774. The molecule has 1 atom stereocenters. The number of aliphatic hydroxyl groups excluding tert-OH is 1. The van der Waals surface area contributed by atoms with Gasteiger partial charge in [-0.15, -0.1) is 6.58 Å². The van der Waals surface area contributed by atoms with Gasteiger partial charge in [0.05, 0.1) is 6.10 Å². The Morgan fingerprint density at radius 3 is 2.67 bits per heavy atom. The Balaban J connectivity index is 2.30. The molecule has 0 aromatic heterocycles. The van der Waals surface area contributed by atoms with Gasteiger partial charge in [0.25, 0.3) is 0 Å². The first-order chi connectivity index (χ1) is 7.22. The second kappa shape index (κ2) is 6.64. The van der Waals surface area contributed by atoms with E-state index in [1.165, 1.54) is 0 Å². The van der Waals surface area contributed by atoms with Crippen molar-refractivity contribution in [1.29, 1.82) is 0 Å². The van der Waals surface area contributed by atoms with Gasteiger partial charge in [-0.3, -0.25) is 0 Å². The number of hydrogen-bond donors (Lipinski definition) is 1. The minimum absolute atomic E-state index is 0.329. The number of aliphatic hydroxyl groups is 1. The Bertz CT molecular complexity index is 295. The topological polar surface area (TPSA) is 29.5 Å². The molecule has 0 unspecified atom stereocenters. The van der Waals surface area contributed by atoms with E-state index in [1.807, 2.05) is 24.3 Å². The van der Waals surface area contributed by atoms with E-state index in [1.54, 1.807) is 6.08 Å². The van der Waals surface area contributed by atoms with Crippen molar-refractivity contribution < 1.29 is 9.84 Å². The third kappa shape index (κ3) is 5.00. The predicted octanol–water partition coefficient (Wildman–Crippen LogP) is 3.16. The van der Waals surface area contributed by atoms with Crippen LogP contribution in [0.2, 0.25) is 0 Å². The number of halogens is 1. The lowest BCUT2D eigenvalue weighted by molar-refractivity contribution is 0.101. The highest BCUT2D eigenvalue weighted by atomic mass is 79.9. The molecular weight excluding hydrogens is 256 g/mol. The Labute approximate surface area is 98.7 Å². The molecule has 0 aliphatic carbocycles. The lowest BCUT2D eigenvalue weighted by Crippen LogP contribution is -2.16. The van der Waals surface area contributed by atoms with E-state index in [4.69, 9.17) is 4.74 Å². The van der Waals surface area contributed by atoms with Crippen LogP contribution < -0.4 is 4.74 Å². The second-order valence-electron chi connectivity index (χ2n) is 3.28. The molecule has 0 aliphatic rings. The van der Waals surface area contributed by atoms with Crippen molar-refractivity contribution in [2.45, 2.75) is 18.9 Å². The molecule has 3 heteroatoms. The van der Waals surface area contributed by atoms with E-state index in [2.05, 4.69) is 22.5 Å². The fraction of sp³-hybridized carbons (Fsp3) is 0.333. The van der Waals surface area contributed by atoms with Gasteiger partial charge >= 0.3 is 0 Å². The van der Waals surface area contributed by atoms with Crippen LogP contribution in [-0.2, 0) is 0 Å². The second-order valence-corrected chi connectivity index (χ2v) is 4.20. The molecular formula is C12H15BrO2. The predicted molar refractivity (Wildman–Crippen MR) is 65.1 cm³/mol. The number of rotatable bonds is 6.